The van der Waals surface area contributed by atoms with Crippen LogP contribution in [0.4, 0.5) is 0 Å². The molecule has 1 amide bonds. The first-order valence-electron chi connectivity index (χ1n) is 5.26. The van der Waals surface area contributed by atoms with E-state index in [1.165, 1.54) is 6.42 Å². The van der Waals surface area contributed by atoms with Gasteiger partial charge in [-0.25, -0.2) is 0 Å². The molecule has 1 aliphatic heterocycles. The molecule has 0 aromatic carbocycles. The molecule has 2 atom stereocenters. The number of rotatable bonds is 3. The summed E-state index contributed by atoms with van der Waals surface area (Å²) < 4.78 is 0. The van der Waals surface area contributed by atoms with Crippen LogP contribution in [-0.2, 0) is 4.79 Å². The van der Waals surface area contributed by atoms with Crippen molar-refractivity contribution in [1.82, 2.24) is 15.5 Å². The normalized spacial score (nSPS) is 27.7. The third-order valence-corrected chi connectivity index (χ3v) is 3.02. The van der Waals surface area contributed by atoms with Gasteiger partial charge in [-0.05, 0) is 25.9 Å². The summed E-state index contributed by atoms with van der Waals surface area (Å²) in [5.41, 5.74) is 0. The lowest BCUT2D eigenvalue weighted by molar-refractivity contribution is -0.122. The van der Waals surface area contributed by atoms with Gasteiger partial charge < -0.3 is 10.6 Å². The Labute approximate surface area is 86.0 Å². The van der Waals surface area contributed by atoms with Crippen molar-refractivity contribution >= 4 is 5.91 Å². The van der Waals surface area contributed by atoms with Gasteiger partial charge in [0.25, 0.3) is 0 Å². The molecule has 0 aliphatic carbocycles. The number of likely N-dealkylation sites (N-methyl/N-ethyl adjacent to an activating group) is 2. The lowest BCUT2D eigenvalue weighted by Crippen LogP contribution is -2.51. The van der Waals surface area contributed by atoms with Crippen molar-refractivity contribution in [2.45, 2.75) is 19.4 Å². The van der Waals surface area contributed by atoms with Crippen molar-refractivity contribution < 1.29 is 4.79 Å². The highest BCUT2D eigenvalue weighted by Gasteiger charge is 2.25. The molecule has 2 N–H and O–H groups in total. The van der Waals surface area contributed by atoms with Crippen molar-refractivity contribution in [1.29, 1.82) is 0 Å². The van der Waals surface area contributed by atoms with Gasteiger partial charge in [-0.1, -0.05) is 6.92 Å². The van der Waals surface area contributed by atoms with Crippen LogP contribution in [0.25, 0.3) is 0 Å². The zero-order chi connectivity index (χ0) is 10.6. The Hall–Kier alpha value is -0.610. The van der Waals surface area contributed by atoms with Gasteiger partial charge in [0, 0.05) is 19.6 Å². The van der Waals surface area contributed by atoms with Gasteiger partial charge in [0.05, 0.1) is 6.54 Å². The molecule has 82 valence electrons. The number of nitrogens with one attached hydrogen (secondary N) is 2. The molecule has 14 heavy (non-hydrogen) atoms. The maximum absolute atomic E-state index is 11.2. The molecule has 0 bridgehead atoms. The van der Waals surface area contributed by atoms with Crippen molar-refractivity contribution in [3.05, 3.63) is 0 Å². The standard InChI is InChI=1S/C10H21N3O/c1-8-4-5-12-6-9(8)13(3)7-10(14)11-2/h8-9,12H,4-7H2,1-3H3,(H,11,14). The minimum atomic E-state index is 0.0882. The summed E-state index contributed by atoms with van der Waals surface area (Å²) in [5.74, 6) is 0.760. The summed E-state index contributed by atoms with van der Waals surface area (Å²) >= 11 is 0. The van der Waals surface area contributed by atoms with E-state index in [2.05, 4.69) is 22.5 Å². The van der Waals surface area contributed by atoms with Crippen LogP contribution in [0.3, 0.4) is 0 Å². The highest BCUT2D eigenvalue weighted by Crippen LogP contribution is 2.15. The molecule has 1 heterocycles. The van der Waals surface area contributed by atoms with E-state index in [0.717, 1.165) is 13.1 Å². The number of piperidine rings is 1. The molecule has 0 saturated carbocycles. The average Bonchev–Trinajstić information content (AvgIpc) is 2.18. The molecular formula is C10H21N3O. The lowest BCUT2D eigenvalue weighted by atomic mass is 9.94. The van der Waals surface area contributed by atoms with Crippen LogP contribution in [0.1, 0.15) is 13.3 Å². The van der Waals surface area contributed by atoms with E-state index < -0.39 is 0 Å². The number of carbonyl (C=O) groups excluding carboxylic acids is 1. The van der Waals surface area contributed by atoms with Gasteiger partial charge in [-0.2, -0.15) is 0 Å². The van der Waals surface area contributed by atoms with Crippen molar-refractivity contribution in [2.24, 2.45) is 5.92 Å². The van der Waals surface area contributed by atoms with E-state index in [-0.39, 0.29) is 5.91 Å². The molecule has 2 unspecified atom stereocenters. The molecular weight excluding hydrogens is 178 g/mol. The molecule has 1 fully saturated rings. The van der Waals surface area contributed by atoms with Gasteiger partial charge in [-0.3, -0.25) is 9.69 Å². The monoisotopic (exact) mass is 199 g/mol. The Morgan fingerprint density at radius 3 is 2.93 bits per heavy atom. The molecule has 4 nitrogen and oxygen atoms in total. The quantitative estimate of drug-likeness (QED) is 0.654. The van der Waals surface area contributed by atoms with Crippen LogP contribution in [0, 0.1) is 5.92 Å². The van der Waals surface area contributed by atoms with E-state index in [4.69, 9.17) is 0 Å². The van der Waals surface area contributed by atoms with Crippen LogP contribution in [-0.4, -0.2) is 50.6 Å². The second kappa shape index (κ2) is 5.32. The van der Waals surface area contributed by atoms with Crippen LogP contribution in [0.2, 0.25) is 0 Å². The first-order valence-corrected chi connectivity index (χ1v) is 5.26. The van der Waals surface area contributed by atoms with Crippen LogP contribution in [0.15, 0.2) is 0 Å². The topological polar surface area (TPSA) is 44.4 Å². The van der Waals surface area contributed by atoms with Gasteiger partial charge in [-0.15, -0.1) is 0 Å². The van der Waals surface area contributed by atoms with Gasteiger partial charge >= 0.3 is 0 Å². The molecule has 0 aromatic heterocycles. The van der Waals surface area contributed by atoms with E-state index in [1.807, 2.05) is 7.05 Å². The zero-order valence-corrected chi connectivity index (χ0v) is 9.34. The molecule has 1 aliphatic rings. The Morgan fingerprint density at radius 2 is 2.36 bits per heavy atom. The number of carbonyl (C=O) groups is 1. The Kier molecular flexibility index (Phi) is 4.35. The fourth-order valence-corrected chi connectivity index (χ4v) is 1.99. The van der Waals surface area contributed by atoms with Crippen LogP contribution < -0.4 is 10.6 Å². The van der Waals surface area contributed by atoms with Crippen molar-refractivity contribution in [3.63, 3.8) is 0 Å². The summed E-state index contributed by atoms with van der Waals surface area (Å²) in [6.07, 6.45) is 1.20. The van der Waals surface area contributed by atoms with E-state index in [1.54, 1.807) is 7.05 Å². The average molecular weight is 199 g/mol. The first kappa shape index (κ1) is 11.5. The smallest absolute Gasteiger partial charge is 0.233 e. The summed E-state index contributed by atoms with van der Waals surface area (Å²) in [6, 6.07) is 0.487. The number of hydrogen-bond acceptors (Lipinski definition) is 3. The number of nitrogens with zero attached hydrogens (tertiary/aromatic N) is 1. The molecule has 1 rings (SSSR count). The molecule has 0 radical (unpaired) electrons. The largest absolute Gasteiger partial charge is 0.358 e. The maximum atomic E-state index is 11.2. The second-order valence-corrected chi connectivity index (χ2v) is 4.13. The van der Waals surface area contributed by atoms with Crippen LogP contribution in [0.5, 0.6) is 0 Å². The third kappa shape index (κ3) is 2.96. The Bertz CT molecular complexity index is 196. The van der Waals surface area contributed by atoms with Gasteiger partial charge in [0.2, 0.25) is 5.91 Å². The van der Waals surface area contributed by atoms with Crippen molar-refractivity contribution in [2.75, 3.05) is 33.7 Å². The van der Waals surface area contributed by atoms with Crippen LogP contribution >= 0.6 is 0 Å². The maximum Gasteiger partial charge on any atom is 0.233 e. The van der Waals surface area contributed by atoms with Gasteiger partial charge in [0.1, 0.15) is 0 Å². The fourth-order valence-electron chi connectivity index (χ4n) is 1.99. The zero-order valence-electron chi connectivity index (χ0n) is 9.34. The Morgan fingerprint density at radius 1 is 1.64 bits per heavy atom. The third-order valence-electron chi connectivity index (χ3n) is 3.02. The minimum absolute atomic E-state index is 0.0882. The number of amides is 1. The summed E-state index contributed by atoms with van der Waals surface area (Å²) in [6.45, 7) is 4.85. The van der Waals surface area contributed by atoms with E-state index >= 15 is 0 Å². The summed E-state index contributed by atoms with van der Waals surface area (Å²) in [7, 11) is 3.70. The van der Waals surface area contributed by atoms with Crippen molar-refractivity contribution in [3.8, 4) is 0 Å². The second-order valence-electron chi connectivity index (χ2n) is 4.13. The highest BCUT2D eigenvalue weighted by molar-refractivity contribution is 5.77. The first-order chi connectivity index (χ1) is 6.65. The summed E-state index contributed by atoms with van der Waals surface area (Å²) in [4.78, 5) is 13.3. The fraction of sp³-hybridized carbons (Fsp3) is 0.900. The SMILES string of the molecule is CNC(=O)CN(C)C1CNCCC1C. The predicted octanol–water partition coefficient (Wildman–Crippen LogP) is -0.338. The summed E-state index contributed by atoms with van der Waals surface area (Å²) in [5, 5.41) is 6.01. The lowest BCUT2D eigenvalue weighted by Gasteiger charge is -2.36. The van der Waals surface area contributed by atoms with E-state index in [9.17, 15) is 4.79 Å². The molecule has 0 spiro atoms. The number of hydrogen-bond donors (Lipinski definition) is 2. The van der Waals surface area contributed by atoms with Gasteiger partial charge in [0.15, 0.2) is 0 Å². The molecule has 0 aromatic rings. The highest BCUT2D eigenvalue weighted by atomic mass is 16.1. The molecule has 4 heteroatoms. The predicted molar refractivity (Wildman–Crippen MR) is 57.1 cm³/mol. The van der Waals surface area contributed by atoms with E-state index in [0.29, 0.717) is 18.5 Å². The Balaban J connectivity index is 2.41. The molecule has 1 saturated heterocycles. The minimum Gasteiger partial charge on any atom is -0.358 e.